The van der Waals surface area contributed by atoms with E-state index in [0.29, 0.717) is 5.82 Å². The molecule has 4 heteroatoms. The minimum Gasteiger partial charge on any atom is -0.351 e. The summed E-state index contributed by atoms with van der Waals surface area (Å²) in [7, 11) is 0. The van der Waals surface area contributed by atoms with E-state index in [9.17, 15) is 4.79 Å². The average Bonchev–Trinajstić information content (AvgIpc) is 3.25. The van der Waals surface area contributed by atoms with Crippen LogP contribution in [0.15, 0.2) is 74.2 Å². The predicted octanol–water partition coefficient (Wildman–Crippen LogP) is 7.42. The van der Waals surface area contributed by atoms with Crippen LogP contribution < -0.4 is 10.6 Å². The highest BCUT2D eigenvalue weighted by atomic mass is 16.2. The highest BCUT2D eigenvalue weighted by Crippen LogP contribution is 2.20. The van der Waals surface area contributed by atoms with Gasteiger partial charge in [0, 0.05) is 23.0 Å². The molecule has 1 aliphatic heterocycles. The van der Waals surface area contributed by atoms with Gasteiger partial charge in [0.05, 0.1) is 5.82 Å². The summed E-state index contributed by atoms with van der Waals surface area (Å²) in [6.07, 6.45) is 7.39. The van der Waals surface area contributed by atoms with Crippen LogP contribution in [0.25, 0.3) is 11.1 Å². The van der Waals surface area contributed by atoms with Crippen molar-refractivity contribution in [1.82, 2.24) is 15.6 Å². The third-order valence-electron chi connectivity index (χ3n) is 5.21. The van der Waals surface area contributed by atoms with E-state index < -0.39 is 6.04 Å². The Balaban J connectivity index is 0.000000660. The molecule has 2 heterocycles. The standard InChI is InChI=1S/C16H15N3O.C13H18.2C2H6/c1-4-6-13(14-7-5-10-17-11(14)2)8-9-15-16(20)19-12(3)18-15;1-5-11-7-8-12(6-2)13(9-11)10(3)4;2*1-2/h4-7,10,15,18H,1,3H2,2H3,(H,19,20);7-9H,3,5-6H2,1-2,4H3;2*1-2H3/b13-6-;;;. The highest BCUT2D eigenvalue weighted by molar-refractivity contribution is 5.91. The van der Waals surface area contributed by atoms with Crippen LogP contribution in [0.3, 0.4) is 0 Å². The number of aromatic nitrogens is 1. The quantitative estimate of drug-likeness (QED) is 0.332. The van der Waals surface area contributed by atoms with Gasteiger partial charge in [-0.25, -0.2) is 0 Å². The van der Waals surface area contributed by atoms with Crippen molar-refractivity contribution < 1.29 is 4.79 Å². The maximum Gasteiger partial charge on any atom is 0.260 e. The fraction of sp³-hybridized carbons (Fsp3) is 0.333. The summed E-state index contributed by atoms with van der Waals surface area (Å²) in [5, 5.41) is 5.44. The van der Waals surface area contributed by atoms with Gasteiger partial charge in [-0.15, -0.1) is 0 Å². The molecule has 198 valence electrons. The molecule has 0 spiro atoms. The van der Waals surface area contributed by atoms with Gasteiger partial charge in [0.1, 0.15) is 0 Å². The van der Waals surface area contributed by atoms with Crippen LogP contribution in [0.4, 0.5) is 0 Å². The number of aryl methyl sites for hydroxylation is 3. The third-order valence-corrected chi connectivity index (χ3v) is 5.21. The molecule has 1 saturated heterocycles. The fourth-order valence-corrected chi connectivity index (χ4v) is 3.38. The summed E-state index contributed by atoms with van der Waals surface area (Å²) in [4.78, 5) is 15.8. The van der Waals surface area contributed by atoms with Gasteiger partial charge < -0.3 is 10.6 Å². The SMILES string of the molecule is C=C(C)c1cc(CC)ccc1CC.C=C/C=C(/C#CC1NC(=C)NC1=O)c1cccnc1C.CC.CC. The Morgan fingerprint density at radius 2 is 1.78 bits per heavy atom. The van der Waals surface area contributed by atoms with E-state index in [1.54, 1.807) is 18.3 Å². The molecule has 1 aromatic heterocycles. The monoisotopic (exact) mass is 499 g/mol. The molecule has 2 N–H and O–H groups in total. The van der Waals surface area contributed by atoms with Crippen molar-refractivity contribution in [3.8, 4) is 11.8 Å². The third kappa shape index (κ3) is 10.8. The molecule has 1 aliphatic rings. The predicted molar refractivity (Wildman–Crippen MR) is 162 cm³/mol. The number of carbonyl (C=O) groups excluding carboxylic acids is 1. The Bertz CT molecular complexity index is 1150. The van der Waals surface area contributed by atoms with Crippen LogP contribution >= 0.6 is 0 Å². The molecule has 37 heavy (non-hydrogen) atoms. The van der Waals surface area contributed by atoms with Gasteiger partial charge in [0.15, 0.2) is 6.04 Å². The molecule has 1 atom stereocenters. The Morgan fingerprint density at radius 3 is 2.27 bits per heavy atom. The van der Waals surface area contributed by atoms with Crippen molar-refractivity contribution in [2.24, 2.45) is 0 Å². The lowest BCUT2D eigenvalue weighted by Gasteiger charge is -2.09. The lowest BCUT2D eigenvalue weighted by atomic mass is 9.97. The van der Waals surface area contributed by atoms with Crippen LogP contribution in [-0.4, -0.2) is 16.9 Å². The molecule has 3 rings (SSSR count). The summed E-state index contributed by atoms with van der Waals surface area (Å²) < 4.78 is 0. The summed E-state index contributed by atoms with van der Waals surface area (Å²) >= 11 is 0. The molecule has 0 bridgehead atoms. The first-order chi connectivity index (χ1) is 17.8. The summed E-state index contributed by atoms with van der Waals surface area (Å²) in [6, 6.07) is 9.92. The zero-order chi connectivity index (χ0) is 28.4. The normalized spacial score (nSPS) is 13.5. The van der Waals surface area contributed by atoms with Gasteiger partial charge in [0.25, 0.3) is 5.91 Å². The van der Waals surface area contributed by atoms with Crippen molar-refractivity contribution in [2.75, 3.05) is 0 Å². The largest absolute Gasteiger partial charge is 0.351 e. The summed E-state index contributed by atoms with van der Waals surface area (Å²) in [6.45, 7) is 27.7. The first-order valence-electron chi connectivity index (χ1n) is 13.1. The van der Waals surface area contributed by atoms with Gasteiger partial charge in [-0.05, 0) is 55.5 Å². The maximum absolute atomic E-state index is 11.6. The molecule has 2 aromatic rings. The number of benzene rings is 1. The molecule has 4 nitrogen and oxygen atoms in total. The van der Waals surface area contributed by atoms with Crippen LogP contribution in [0.5, 0.6) is 0 Å². The number of rotatable bonds is 5. The van der Waals surface area contributed by atoms with E-state index in [1.807, 2.05) is 46.8 Å². The van der Waals surface area contributed by atoms with Crippen LogP contribution in [0, 0.1) is 18.8 Å². The average molecular weight is 500 g/mol. The second kappa shape index (κ2) is 18.4. The molecule has 0 aliphatic carbocycles. The Hall–Kier alpha value is -3.84. The van der Waals surface area contributed by atoms with Gasteiger partial charge in [-0.1, -0.05) is 109 Å². The van der Waals surface area contributed by atoms with Crippen LogP contribution in [0.1, 0.15) is 76.4 Å². The number of hydrogen-bond acceptors (Lipinski definition) is 3. The van der Waals surface area contributed by atoms with Crippen LogP contribution in [0.2, 0.25) is 0 Å². The van der Waals surface area contributed by atoms with Crippen LogP contribution in [-0.2, 0) is 17.6 Å². The molecular weight excluding hydrogens is 454 g/mol. The summed E-state index contributed by atoms with van der Waals surface area (Å²) in [5.74, 6) is 6.18. The number of amides is 1. The number of nitrogens with zero attached hydrogens (tertiary/aromatic N) is 1. The topological polar surface area (TPSA) is 54.0 Å². The van der Waals surface area contributed by atoms with Crippen molar-refractivity contribution in [2.45, 2.75) is 74.3 Å². The zero-order valence-corrected chi connectivity index (χ0v) is 24.1. The van der Waals surface area contributed by atoms with Gasteiger partial charge in [-0.2, -0.15) is 0 Å². The Morgan fingerprint density at radius 1 is 1.11 bits per heavy atom. The number of nitrogens with one attached hydrogen (secondary N) is 2. The van der Waals surface area contributed by atoms with Gasteiger partial charge in [0.2, 0.25) is 0 Å². The van der Waals surface area contributed by atoms with E-state index in [0.717, 1.165) is 29.7 Å². The van der Waals surface area contributed by atoms with E-state index in [1.165, 1.54) is 22.3 Å². The van der Waals surface area contributed by atoms with E-state index in [-0.39, 0.29) is 5.91 Å². The van der Waals surface area contributed by atoms with Crippen molar-refractivity contribution in [3.63, 3.8) is 0 Å². The number of hydrogen-bond donors (Lipinski definition) is 2. The van der Waals surface area contributed by atoms with Gasteiger partial charge >= 0.3 is 0 Å². The molecule has 1 unspecified atom stereocenters. The van der Waals surface area contributed by atoms with E-state index in [2.05, 4.69) is 86.2 Å². The maximum atomic E-state index is 11.6. The number of allylic oxidation sites excluding steroid dienone is 4. The number of pyridine rings is 1. The van der Waals surface area contributed by atoms with Gasteiger partial charge in [-0.3, -0.25) is 9.78 Å². The fourth-order valence-electron chi connectivity index (χ4n) is 3.38. The molecule has 1 amide bonds. The van der Waals surface area contributed by atoms with E-state index >= 15 is 0 Å². The smallest absolute Gasteiger partial charge is 0.260 e. The van der Waals surface area contributed by atoms with Crippen molar-refractivity contribution in [3.05, 3.63) is 102 Å². The minimum atomic E-state index is -0.576. The molecule has 1 fully saturated rings. The molecule has 0 saturated carbocycles. The lowest BCUT2D eigenvalue weighted by Crippen LogP contribution is -2.26. The second-order valence-corrected chi connectivity index (χ2v) is 7.75. The number of carbonyl (C=O) groups is 1. The second-order valence-electron chi connectivity index (χ2n) is 7.75. The lowest BCUT2D eigenvalue weighted by molar-refractivity contribution is -0.119. The summed E-state index contributed by atoms with van der Waals surface area (Å²) in [5.41, 5.74) is 7.90. The Kier molecular flexibility index (Phi) is 16.5. The first kappa shape index (κ1) is 33.2. The molecule has 1 aromatic carbocycles. The molecular formula is C33H45N3O. The zero-order valence-electron chi connectivity index (χ0n) is 24.1. The van der Waals surface area contributed by atoms with Crippen molar-refractivity contribution >= 4 is 17.1 Å². The van der Waals surface area contributed by atoms with Crippen molar-refractivity contribution in [1.29, 1.82) is 0 Å². The highest BCUT2D eigenvalue weighted by Gasteiger charge is 2.23. The van der Waals surface area contributed by atoms with E-state index in [4.69, 9.17) is 0 Å². The minimum absolute atomic E-state index is 0.191. The Labute approximate surface area is 225 Å². The molecule has 0 radical (unpaired) electrons. The first-order valence-corrected chi connectivity index (χ1v) is 13.1.